The Labute approximate surface area is 104 Å². The van der Waals surface area contributed by atoms with Crippen LogP contribution in [0.3, 0.4) is 0 Å². The van der Waals surface area contributed by atoms with Gasteiger partial charge in [0.25, 0.3) is 0 Å². The third-order valence-corrected chi connectivity index (χ3v) is 3.36. The average molecular weight is 253 g/mol. The van der Waals surface area contributed by atoms with Gasteiger partial charge in [0.05, 0.1) is 5.56 Å². The molecular weight excluding hydrogens is 238 g/mol. The highest BCUT2D eigenvalue weighted by molar-refractivity contribution is 7.99. The lowest BCUT2D eigenvalue weighted by Crippen LogP contribution is -2.17. The van der Waals surface area contributed by atoms with Crippen molar-refractivity contribution in [1.29, 1.82) is 0 Å². The van der Waals surface area contributed by atoms with Crippen molar-refractivity contribution in [2.45, 2.75) is 17.7 Å². The first kappa shape index (κ1) is 13.6. The molecule has 1 rings (SSSR count). The number of amides is 1. The van der Waals surface area contributed by atoms with Crippen LogP contribution in [0, 0.1) is 0 Å². The van der Waals surface area contributed by atoms with Crippen molar-refractivity contribution in [2.75, 3.05) is 12.8 Å². The first-order chi connectivity index (χ1) is 8.15. The van der Waals surface area contributed by atoms with Gasteiger partial charge in [0, 0.05) is 18.4 Å². The van der Waals surface area contributed by atoms with Crippen LogP contribution in [-0.2, 0) is 4.79 Å². The van der Waals surface area contributed by atoms with Crippen LogP contribution in [0.25, 0.3) is 0 Å². The molecule has 1 aromatic rings. The van der Waals surface area contributed by atoms with Crippen LogP contribution in [0.15, 0.2) is 29.2 Å². The van der Waals surface area contributed by atoms with E-state index in [1.54, 1.807) is 25.2 Å². The molecule has 0 aliphatic rings. The second kappa shape index (κ2) is 6.96. The Bertz CT molecular complexity index is 406. The number of carboxylic acid groups (broad SMARTS) is 1. The van der Waals surface area contributed by atoms with Crippen LogP contribution < -0.4 is 5.32 Å². The van der Waals surface area contributed by atoms with Gasteiger partial charge in [0.1, 0.15) is 0 Å². The van der Waals surface area contributed by atoms with Gasteiger partial charge in [-0.05, 0) is 24.3 Å². The SMILES string of the molecule is CNC(=O)CCCSc1ccccc1C(=O)O. The number of thioether (sulfide) groups is 1. The molecule has 0 unspecified atom stereocenters. The summed E-state index contributed by atoms with van der Waals surface area (Å²) in [5.74, 6) is -0.172. The Morgan fingerprint density at radius 2 is 2.06 bits per heavy atom. The Morgan fingerprint density at radius 3 is 2.71 bits per heavy atom. The molecule has 17 heavy (non-hydrogen) atoms. The predicted octanol–water partition coefficient (Wildman–Crippen LogP) is 2.00. The molecule has 0 fully saturated rings. The molecule has 92 valence electrons. The smallest absolute Gasteiger partial charge is 0.336 e. The zero-order chi connectivity index (χ0) is 12.7. The average Bonchev–Trinajstić information content (AvgIpc) is 2.34. The van der Waals surface area contributed by atoms with Gasteiger partial charge in [-0.3, -0.25) is 4.79 Å². The molecule has 1 amide bonds. The maximum absolute atomic E-state index is 11.0. The number of carbonyl (C=O) groups is 2. The van der Waals surface area contributed by atoms with Crippen LogP contribution in [-0.4, -0.2) is 29.8 Å². The van der Waals surface area contributed by atoms with Gasteiger partial charge < -0.3 is 10.4 Å². The molecule has 4 nitrogen and oxygen atoms in total. The van der Waals surface area contributed by atoms with E-state index in [9.17, 15) is 9.59 Å². The third-order valence-electron chi connectivity index (χ3n) is 2.20. The fourth-order valence-electron chi connectivity index (χ4n) is 1.31. The summed E-state index contributed by atoms with van der Waals surface area (Å²) < 4.78 is 0. The van der Waals surface area contributed by atoms with Crippen LogP contribution >= 0.6 is 11.8 Å². The number of hydrogen-bond acceptors (Lipinski definition) is 3. The maximum atomic E-state index is 11.0. The largest absolute Gasteiger partial charge is 0.478 e. The highest BCUT2D eigenvalue weighted by atomic mass is 32.2. The van der Waals surface area contributed by atoms with Crippen LogP contribution in [0.2, 0.25) is 0 Å². The topological polar surface area (TPSA) is 66.4 Å². The predicted molar refractivity (Wildman–Crippen MR) is 67.4 cm³/mol. The van der Waals surface area contributed by atoms with Crippen LogP contribution in [0.4, 0.5) is 0 Å². The van der Waals surface area contributed by atoms with Crippen LogP contribution in [0.5, 0.6) is 0 Å². The molecule has 0 atom stereocenters. The Hall–Kier alpha value is -1.49. The van der Waals surface area contributed by atoms with Crippen molar-refractivity contribution in [3.05, 3.63) is 29.8 Å². The van der Waals surface area contributed by atoms with Gasteiger partial charge in [-0.15, -0.1) is 11.8 Å². The molecule has 0 aliphatic heterocycles. The fraction of sp³-hybridized carbons (Fsp3) is 0.333. The van der Waals surface area contributed by atoms with Gasteiger partial charge >= 0.3 is 5.97 Å². The van der Waals surface area contributed by atoms with Crippen molar-refractivity contribution >= 4 is 23.6 Å². The summed E-state index contributed by atoms with van der Waals surface area (Å²) in [4.78, 5) is 22.7. The summed E-state index contributed by atoms with van der Waals surface area (Å²) >= 11 is 1.47. The molecular formula is C12H15NO3S. The van der Waals surface area contributed by atoms with Crippen molar-refractivity contribution in [2.24, 2.45) is 0 Å². The molecule has 0 aromatic heterocycles. The first-order valence-electron chi connectivity index (χ1n) is 5.31. The van der Waals surface area contributed by atoms with Gasteiger partial charge in [-0.25, -0.2) is 4.79 Å². The first-order valence-corrected chi connectivity index (χ1v) is 6.29. The lowest BCUT2D eigenvalue weighted by Gasteiger charge is -2.05. The van der Waals surface area contributed by atoms with E-state index in [0.717, 1.165) is 17.1 Å². The van der Waals surface area contributed by atoms with Crippen molar-refractivity contribution in [3.8, 4) is 0 Å². The number of benzene rings is 1. The maximum Gasteiger partial charge on any atom is 0.336 e. The fourth-order valence-corrected chi connectivity index (χ4v) is 2.30. The minimum absolute atomic E-state index is 0.0112. The normalized spacial score (nSPS) is 9.94. The number of carbonyl (C=O) groups excluding carboxylic acids is 1. The van der Waals surface area contributed by atoms with E-state index in [0.29, 0.717) is 12.0 Å². The molecule has 1 aromatic carbocycles. The molecule has 0 bridgehead atoms. The second-order valence-corrected chi connectivity index (χ2v) is 4.56. The van der Waals surface area contributed by atoms with Gasteiger partial charge in [0.2, 0.25) is 5.91 Å². The van der Waals surface area contributed by atoms with Crippen molar-refractivity contribution < 1.29 is 14.7 Å². The zero-order valence-corrected chi connectivity index (χ0v) is 10.4. The van der Waals surface area contributed by atoms with E-state index in [2.05, 4.69) is 5.32 Å². The van der Waals surface area contributed by atoms with E-state index in [1.165, 1.54) is 11.8 Å². The van der Waals surface area contributed by atoms with Crippen molar-refractivity contribution in [3.63, 3.8) is 0 Å². The van der Waals surface area contributed by atoms with Gasteiger partial charge in [-0.2, -0.15) is 0 Å². The molecule has 5 heteroatoms. The minimum atomic E-state index is -0.917. The molecule has 0 saturated heterocycles. The summed E-state index contributed by atoms with van der Waals surface area (Å²) in [5, 5.41) is 11.5. The Balaban J connectivity index is 2.46. The van der Waals surface area contributed by atoms with E-state index in [1.807, 2.05) is 6.07 Å². The van der Waals surface area contributed by atoms with E-state index < -0.39 is 5.97 Å². The highest BCUT2D eigenvalue weighted by Gasteiger charge is 2.09. The summed E-state index contributed by atoms with van der Waals surface area (Å²) in [6.07, 6.45) is 1.21. The number of aromatic carboxylic acids is 1. The standard InChI is InChI=1S/C12H15NO3S/c1-13-11(14)7-4-8-17-10-6-3-2-5-9(10)12(15)16/h2-3,5-6H,4,7-8H2,1H3,(H,13,14)(H,15,16). The van der Waals surface area contributed by atoms with E-state index in [4.69, 9.17) is 5.11 Å². The van der Waals surface area contributed by atoms with Gasteiger partial charge in [-0.1, -0.05) is 12.1 Å². The minimum Gasteiger partial charge on any atom is -0.478 e. The number of carboxylic acids is 1. The number of hydrogen-bond donors (Lipinski definition) is 2. The van der Waals surface area contributed by atoms with Crippen molar-refractivity contribution in [1.82, 2.24) is 5.32 Å². The Kier molecular flexibility index (Phi) is 5.56. The Morgan fingerprint density at radius 1 is 1.35 bits per heavy atom. The quantitative estimate of drug-likeness (QED) is 0.601. The lowest BCUT2D eigenvalue weighted by atomic mass is 10.2. The second-order valence-electron chi connectivity index (χ2n) is 3.43. The molecule has 0 saturated carbocycles. The molecule has 0 radical (unpaired) electrons. The lowest BCUT2D eigenvalue weighted by molar-refractivity contribution is -0.120. The molecule has 0 aliphatic carbocycles. The monoisotopic (exact) mass is 253 g/mol. The number of rotatable bonds is 6. The third kappa shape index (κ3) is 4.48. The van der Waals surface area contributed by atoms with E-state index >= 15 is 0 Å². The van der Waals surface area contributed by atoms with Crippen LogP contribution in [0.1, 0.15) is 23.2 Å². The summed E-state index contributed by atoms with van der Waals surface area (Å²) in [5.41, 5.74) is 0.317. The molecule has 0 spiro atoms. The summed E-state index contributed by atoms with van der Waals surface area (Å²) in [7, 11) is 1.61. The van der Waals surface area contributed by atoms with Gasteiger partial charge in [0.15, 0.2) is 0 Å². The summed E-state index contributed by atoms with van der Waals surface area (Å²) in [6, 6.07) is 6.89. The molecule has 0 heterocycles. The zero-order valence-electron chi connectivity index (χ0n) is 9.60. The number of nitrogens with one attached hydrogen (secondary N) is 1. The summed E-state index contributed by atoms with van der Waals surface area (Å²) in [6.45, 7) is 0. The molecule has 2 N–H and O–H groups in total. The van der Waals surface area contributed by atoms with E-state index in [-0.39, 0.29) is 5.91 Å². The highest BCUT2D eigenvalue weighted by Crippen LogP contribution is 2.23.